The van der Waals surface area contributed by atoms with Gasteiger partial charge in [-0.15, -0.1) is 0 Å². The van der Waals surface area contributed by atoms with Crippen LogP contribution in [0.25, 0.3) is 16.9 Å². The molecule has 0 saturated carbocycles. The van der Waals surface area contributed by atoms with Gasteiger partial charge in [-0.25, -0.2) is 13.4 Å². The van der Waals surface area contributed by atoms with Crippen LogP contribution in [0, 0.1) is 0 Å². The van der Waals surface area contributed by atoms with E-state index in [0.717, 1.165) is 35.3 Å². The predicted octanol–water partition coefficient (Wildman–Crippen LogP) is 3.25. The van der Waals surface area contributed by atoms with Gasteiger partial charge in [-0.1, -0.05) is 55.8 Å². The van der Waals surface area contributed by atoms with Crippen LogP contribution in [0.5, 0.6) is 0 Å². The average Bonchev–Trinajstić information content (AvgIpc) is 3.34. The van der Waals surface area contributed by atoms with Crippen molar-refractivity contribution in [2.24, 2.45) is 0 Å². The average molecular weight is 463 g/mol. The molecule has 0 aliphatic carbocycles. The molecule has 0 N–H and O–H groups in total. The molecule has 170 valence electrons. The molecule has 0 bridgehead atoms. The van der Waals surface area contributed by atoms with E-state index in [1.54, 1.807) is 21.0 Å². The van der Waals surface area contributed by atoms with Gasteiger partial charge >= 0.3 is 0 Å². The summed E-state index contributed by atoms with van der Waals surface area (Å²) in [5.74, 6) is 1.40. The van der Waals surface area contributed by atoms with E-state index in [1.165, 1.54) is 6.33 Å². The first-order chi connectivity index (χ1) is 16.1. The van der Waals surface area contributed by atoms with Crippen molar-refractivity contribution in [2.45, 2.75) is 24.7 Å². The minimum atomic E-state index is -3.53. The molecule has 1 fully saturated rings. The van der Waals surface area contributed by atoms with Crippen molar-refractivity contribution in [3.63, 3.8) is 0 Å². The van der Waals surface area contributed by atoms with Crippen LogP contribution in [0.15, 0.2) is 72.0 Å². The summed E-state index contributed by atoms with van der Waals surface area (Å²) in [5.41, 5.74) is 3.13. The van der Waals surface area contributed by atoms with Gasteiger partial charge in [0.1, 0.15) is 12.1 Å². The molecule has 0 spiro atoms. The fraction of sp³-hybridized carbons (Fsp3) is 0.292. The number of hydrogen-bond acceptors (Lipinski definition) is 6. The van der Waals surface area contributed by atoms with Crippen LogP contribution < -0.4 is 4.90 Å². The third-order valence-corrected chi connectivity index (χ3v) is 7.92. The Bertz CT molecular complexity index is 1350. The van der Waals surface area contributed by atoms with Gasteiger partial charge in [-0.3, -0.25) is 0 Å². The zero-order valence-electron chi connectivity index (χ0n) is 18.5. The lowest BCUT2D eigenvalue weighted by Gasteiger charge is -2.36. The van der Waals surface area contributed by atoms with Crippen LogP contribution >= 0.6 is 0 Å². The highest BCUT2D eigenvalue weighted by Crippen LogP contribution is 2.31. The quantitative estimate of drug-likeness (QED) is 0.437. The molecule has 2 aromatic carbocycles. The van der Waals surface area contributed by atoms with E-state index in [0.29, 0.717) is 36.9 Å². The largest absolute Gasteiger partial charge is 0.353 e. The van der Waals surface area contributed by atoms with E-state index in [1.807, 2.05) is 48.7 Å². The zero-order valence-corrected chi connectivity index (χ0v) is 19.3. The number of benzene rings is 2. The van der Waals surface area contributed by atoms with E-state index in [-0.39, 0.29) is 0 Å². The van der Waals surface area contributed by atoms with Crippen LogP contribution in [-0.4, -0.2) is 58.5 Å². The molecule has 4 aromatic rings. The van der Waals surface area contributed by atoms with Gasteiger partial charge in [0.05, 0.1) is 4.90 Å². The summed E-state index contributed by atoms with van der Waals surface area (Å²) < 4.78 is 29.8. The maximum absolute atomic E-state index is 13.2. The highest BCUT2D eigenvalue weighted by molar-refractivity contribution is 7.89. The van der Waals surface area contributed by atoms with Gasteiger partial charge in [0.2, 0.25) is 10.0 Å². The molecule has 0 atom stereocenters. The topological polar surface area (TPSA) is 83.7 Å². The van der Waals surface area contributed by atoms with Crippen LogP contribution in [0.2, 0.25) is 0 Å². The molecule has 1 saturated heterocycles. The maximum Gasteiger partial charge on any atom is 0.254 e. The van der Waals surface area contributed by atoms with Crippen molar-refractivity contribution < 1.29 is 8.42 Å². The molecule has 0 amide bonds. The summed E-state index contributed by atoms with van der Waals surface area (Å²) in [6.45, 7) is 4.00. The Morgan fingerprint density at radius 1 is 0.909 bits per heavy atom. The fourth-order valence-electron chi connectivity index (χ4n) is 4.30. The Hall–Kier alpha value is -3.30. The number of aromatic nitrogens is 4. The number of hydrogen-bond donors (Lipinski definition) is 0. The third-order valence-electron chi connectivity index (χ3n) is 6.00. The minimum Gasteiger partial charge on any atom is -0.353 e. The second-order valence-electron chi connectivity index (χ2n) is 8.12. The van der Waals surface area contributed by atoms with Crippen LogP contribution in [-0.2, 0) is 16.4 Å². The van der Waals surface area contributed by atoms with Gasteiger partial charge in [0.15, 0.2) is 0 Å². The van der Waals surface area contributed by atoms with E-state index in [4.69, 9.17) is 0 Å². The summed E-state index contributed by atoms with van der Waals surface area (Å²) in [5, 5.41) is 4.39. The summed E-state index contributed by atoms with van der Waals surface area (Å²) in [4.78, 5) is 11.2. The number of aryl methyl sites for hydroxylation is 1. The van der Waals surface area contributed by atoms with Crippen molar-refractivity contribution in [1.82, 2.24) is 23.9 Å². The summed E-state index contributed by atoms with van der Waals surface area (Å²) in [7, 11) is -3.53. The monoisotopic (exact) mass is 462 g/mol. The molecule has 3 heterocycles. The normalized spacial score (nSPS) is 15.2. The number of anilines is 1. The molecule has 5 rings (SSSR count). The van der Waals surface area contributed by atoms with E-state index >= 15 is 0 Å². The maximum atomic E-state index is 13.2. The molecular weight excluding hydrogens is 436 g/mol. The second-order valence-corrected chi connectivity index (χ2v) is 10.1. The molecule has 9 heteroatoms. The first kappa shape index (κ1) is 21.5. The van der Waals surface area contributed by atoms with E-state index in [9.17, 15) is 8.42 Å². The van der Waals surface area contributed by atoms with Crippen LogP contribution in [0.4, 0.5) is 5.82 Å². The van der Waals surface area contributed by atoms with Crippen molar-refractivity contribution in [1.29, 1.82) is 0 Å². The summed E-state index contributed by atoms with van der Waals surface area (Å²) >= 11 is 0. The lowest BCUT2D eigenvalue weighted by molar-refractivity contribution is 0.383. The second kappa shape index (κ2) is 8.92. The van der Waals surface area contributed by atoms with E-state index < -0.39 is 10.0 Å². The van der Waals surface area contributed by atoms with Gasteiger partial charge in [-0.2, -0.15) is 18.9 Å². The van der Waals surface area contributed by atoms with Crippen molar-refractivity contribution in [2.75, 3.05) is 31.1 Å². The Balaban J connectivity index is 1.41. The lowest BCUT2D eigenvalue weighted by Crippen LogP contribution is -2.49. The van der Waals surface area contributed by atoms with Crippen molar-refractivity contribution in [3.8, 4) is 11.1 Å². The fourth-order valence-corrected chi connectivity index (χ4v) is 5.72. The van der Waals surface area contributed by atoms with E-state index in [2.05, 4.69) is 26.9 Å². The molecule has 8 nitrogen and oxygen atoms in total. The third kappa shape index (κ3) is 4.09. The highest BCUT2D eigenvalue weighted by atomic mass is 32.2. The van der Waals surface area contributed by atoms with Gasteiger partial charge in [0, 0.05) is 37.9 Å². The molecule has 1 aliphatic heterocycles. The molecule has 2 aromatic heterocycles. The predicted molar refractivity (Wildman–Crippen MR) is 128 cm³/mol. The Morgan fingerprint density at radius 3 is 2.33 bits per heavy atom. The van der Waals surface area contributed by atoms with Crippen molar-refractivity contribution >= 4 is 21.6 Å². The summed E-state index contributed by atoms with van der Waals surface area (Å²) in [6, 6.07) is 17.3. The minimum absolute atomic E-state index is 0.350. The van der Waals surface area contributed by atoms with Gasteiger partial charge in [0.25, 0.3) is 5.78 Å². The van der Waals surface area contributed by atoms with Gasteiger partial charge in [-0.05, 0) is 29.7 Å². The highest BCUT2D eigenvalue weighted by Gasteiger charge is 2.30. The Kier molecular flexibility index (Phi) is 5.82. The first-order valence-corrected chi connectivity index (χ1v) is 12.6. The molecule has 1 aliphatic rings. The van der Waals surface area contributed by atoms with Gasteiger partial charge < -0.3 is 4.90 Å². The Morgan fingerprint density at radius 2 is 1.64 bits per heavy atom. The number of sulfonamides is 1. The lowest BCUT2D eigenvalue weighted by atomic mass is 10.1. The number of piperazine rings is 1. The number of fused-ring (bicyclic) bond motifs is 1. The molecule has 0 unspecified atom stereocenters. The Labute approximate surface area is 193 Å². The zero-order chi connectivity index (χ0) is 22.8. The van der Waals surface area contributed by atoms with Crippen LogP contribution in [0.3, 0.4) is 0 Å². The molecule has 33 heavy (non-hydrogen) atoms. The standard InChI is InChI=1S/C24H26N6O2S/c1-2-6-19-9-11-21(12-10-19)33(31,32)29-15-13-28(14-16-29)23-22(20-7-4-3-5-8-20)17-25-24-26-18-27-30(23)24/h3-5,7-12,17-18H,2,6,13-16H2,1H3. The van der Waals surface area contributed by atoms with Crippen molar-refractivity contribution in [3.05, 3.63) is 72.7 Å². The van der Waals surface area contributed by atoms with Crippen LogP contribution in [0.1, 0.15) is 18.9 Å². The molecular formula is C24H26N6O2S. The SMILES string of the molecule is CCCc1ccc(S(=O)(=O)N2CCN(c3c(-c4ccccc4)cnc4ncnn34)CC2)cc1. The number of rotatable bonds is 6. The summed E-state index contributed by atoms with van der Waals surface area (Å²) in [6.07, 6.45) is 5.29. The number of nitrogens with zero attached hydrogens (tertiary/aromatic N) is 6. The smallest absolute Gasteiger partial charge is 0.254 e. The molecule has 0 radical (unpaired) electrons. The first-order valence-electron chi connectivity index (χ1n) is 11.2.